The SMILES string of the molecule is CCNC(c1cnc(C)s1)c1ccccc1OC. The van der Waals surface area contributed by atoms with Crippen LogP contribution in [0.2, 0.25) is 0 Å². The van der Waals surface area contributed by atoms with Crippen LogP contribution in [0, 0.1) is 6.92 Å². The number of benzene rings is 1. The van der Waals surface area contributed by atoms with E-state index in [0.29, 0.717) is 0 Å². The summed E-state index contributed by atoms with van der Waals surface area (Å²) >= 11 is 1.72. The lowest BCUT2D eigenvalue weighted by molar-refractivity contribution is 0.404. The average molecular weight is 262 g/mol. The Morgan fingerprint density at radius 3 is 2.78 bits per heavy atom. The molecule has 0 bridgehead atoms. The van der Waals surface area contributed by atoms with Crippen molar-refractivity contribution in [1.29, 1.82) is 0 Å². The van der Waals surface area contributed by atoms with Crippen LogP contribution >= 0.6 is 11.3 Å². The van der Waals surface area contributed by atoms with Crippen LogP contribution in [0.5, 0.6) is 5.75 Å². The van der Waals surface area contributed by atoms with Crippen LogP contribution in [-0.2, 0) is 0 Å². The lowest BCUT2D eigenvalue weighted by atomic mass is 10.0. The highest BCUT2D eigenvalue weighted by atomic mass is 32.1. The zero-order valence-electron chi connectivity index (χ0n) is 10.9. The van der Waals surface area contributed by atoms with Crippen LogP contribution in [0.15, 0.2) is 30.5 Å². The minimum atomic E-state index is 0.150. The normalized spacial score (nSPS) is 12.4. The first-order valence-electron chi connectivity index (χ1n) is 6.05. The Hall–Kier alpha value is -1.39. The predicted molar refractivity (Wildman–Crippen MR) is 75.4 cm³/mol. The van der Waals surface area contributed by atoms with Crippen LogP contribution in [0.1, 0.15) is 28.4 Å². The molecule has 2 rings (SSSR count). The third kappa shape index (κ3) is 2.71. The molecule has 1 unspecified atom stereocenters. The Labute approximate surface area is 112 Å². The molecule has 1 atom stereocenters. The third-order valence-corrected chi connectivity index (χ3v) is 3.76. The molecule has 1 aromatic heterocycles. The Morgan fingerprint density at radius 1 is 1.39 bits per heavy atom. The Kier molecular flexibility index (Phi) is 4.33. The van der Waals surface area contributed by atoms with Gasteiger partial charge in [0.15, 0.2) is 0 Å². The number of hydrogen-bond acceptors (Lipinski definition) is 4. The van der Waals surface area contributed by atoms with E-state index in [1.54, 1.807) is 18.4 Å². The molecule has 0 fully saturated rings. The molecule has 0 aliphatic carbocycles. The molecule has 0 radical (unpaired) electrons. The van der Waals surface area contributed by atoms with Gasteiger partial charge in [-0.1, -0.05) is 25.1 Å². The highest BCUT2D eigenvalue weighted by Crippen LogP contribution is 2.32. The number of ether oxygens (including phenoxy) is 1. The molecule has 3 nitrogen and oxygen atoms in total. The van der Waals surface area contributed by atoms with Crippen LogP contribution in [0.25, 0.3) is 0 Å². The minimum absolute atomic E-state index is 0.150. The highest BCUT2D eigenvalue weighted by molar-refractivity contribution is 7.11. The fraction of sp³-hybridized carbons (Fsp3) is 0.357. The van der Waals surface area contributed by atoms with Crippen LogP contribution < -0.4 is 10.1 Å². The highest BCUT2D eigenvalue weighted by Gasteiger charge is 2.18. The van der Waals surface area contributed by atoms with E-state index in [2.05, 4.69) is 23.3 Å². The molecule has 1 heterocycles. The molecule has 1 N–H and O–H groups in total. The zero-order chi connectivity index (χ0) is 13.0. The van der Waals surface area contributed by atoms with Gasteiger partial charge >= 0.3 is 0 Å². The number of thiazole rings is 1. The van der Waals surface area contributed by atoms with Gasteiger partial charge in [-0.2, -0.15) is 0 Å². The average Bonchev–Trinajstić information content (AvgIpc) is 2.82. The van der Waals surface area contributed by atoms with Gasteiger partial charge in [0.25, 0.3) is 0 Å². The summed E-state index contributed by atoms with van der Waals surface area (Å²) < 4.78 is 5.45. The largest absolute Gasteiger partial charge is 0.496 e. The number of nitrogens with one attached hydrogen (secondary N) is 1. The summed E-state index contributed by atoms with van der Waals surface area (Å²) in [6, 6.07) is 8.27. The third-order valence-electron chi connectivity index (χ3n) is 2.78. The van der Waals surface area contributed by atoms with Crippen LogP contribution in [0.3, 0.4) is 0 Å². The van der Waals surface area contributed by atoms with Crippen LogP contribution in [0.4, 0.5) is 0 Å². The molecule has 18 heavy (non-hydrogen) atoms. The lowest BCUT2D eigenvalue weighted by Crippen LogP contribution is -2.21. The topological polar surface area (TPSA) is 34.2 Å². The summed E-state index contributed by atoms with van der Waals surface area (Å²) in [5.74, 6) is 0.912. The smallest absolute Gasteiger partial charge is 0.124 e. The van der Waals surface area contributed by atoms with Crippen molar-refractivity contribution < 1.29 is 4.74 Å². The van der Waals surface area contributed by atoms with E-state index in [9.17, 15) is 0 Å². The van der Waals surface area contributed by atoms with E-state index < -0.39 is 0 Å². The number of methoxy groups -OCH3 is 1. The van der Waals surface area contributed by atoms with E-state index in [1.807, 2.05) is 31.3 Å². The van der Waals surface area contributed by atoms with Crippen LogP contribution in [-0.4, -0.2) is 18.6 Å². The van der Waals surface area contributed by atoms with Gasteiger partial charge in [0.1, 0.15) is 5.75 Å². The standard InChI is InChI=1S/C14H18N2OS/c1-4-15-14(13-9-16-10(2)18-13)11-7-5-6-8-12(11)17-3/h5-9,14-15H,4H2,1-3H3. The molecule has 0 amide bonds. The van der Waals surface area contributed by atoms with Gasteiger partial charge in [-0.15, -0.1) is 11.3 Å². The number of hydrogen-bond donors (Lipinski definition) is 1. The fourth-order valence-corrected chi connectivity index (χ4v) is 2.86. The van der Waals surface area contributed by atoms with Gasteiger partial charge < -0.3 is 10.1 Å². The minimum Gasteiger partial charge on any atom is -0.496 e. The Morgan fingerprint density at radius 2 is 2.17 bits per heavy atom. The molecule has 4 heteroatoms. The molecular weight excluding hydrogens is 244 g/mol. The van der Waals surface area contributed by atoms with E-state index in [1.165, 1.54) is 4.88 Å². The maximum absolute atomic E-state index is 5.45. The summed E-state index contributed by atoms with van der Waals surface area (Å²) in [5.41, 5.74) is 1.16. The Balaban J connectivity index is 2.41. The number of aromatic nitrogens is 1. The molecule has 0 spiro atoms. The van der Waals surface area contributed by atoms with E-state index in [4.69, 9.17) is 4.74 Å². The number of rotatable bonds is 5. The molecular formula is C14H18N2OS. The first-order chi connectivity index (χ1) is 8.76. The van der Waals surface area contributed by atoms with Crippen molar-refractivity contribution in [2.75, 3.05) is 13.7 Å². The van der Waals surface area contributed by atoms with Gasteiger partial charge in [-0.05, 0) is 19.5 Å². The quantitative estimate of drug-likeness (QED) is 0.898. The van der Waals surface area contributed by atoms with Crippen molar-refractivity contribution >= 4 is 11.3 Å². The predicted octanol–water partition coefficient (Wildman–Crippen LogP) is 3.16. The molecule has 96 valence electrons. The number of para-hydroxylation sites is 1. The van der Waals surface area contributed by atoms with Gasteiger partial charge in [-0.25, -0.2) is 4.98 Å². The molecule has 0 saturated heterocycles. The summed E-state index contributed by atoms with van der Waals surface area (Å²) in [6.45, 7) is 5.04. The van der Waals surface area contributed by atoms with Crippen molar-refractivity contribution in [3.8, 4) is 5.75 Å². The van der Waals surface area contributed by atoms with E-state index in [0.717, 1.165) is 22.9 Å². The van der Waals surface area contributed by atoms with Gasteiger partial charge in [0, 0.05) is 16.6 Å². The van der Waals surface area contributed by atoms with Gasteiger partial charge in [0.2, 0.25) is 0 Å². The second kappa shape index (κ2) is 5.98. The Bertz CT molecular complexity index is 510. The van der Waals surface area contributed by atoms with Crippen molar-refractivity contribution in [2.24, 2.45) is 0 Å². The molecule has 0 aliphatic rings. The lowest BCUT2D eigenvalue weighted by Gasteiger charge is -2.19. The van der Waals surface area contributed by atoms with Crippen molar-refractivity contribution in [3.63, 3.8) is 0 Å². The van der Waals surface area contributed by atoms with E-state index in [-0.39, 0.29) is 6.04 Å². The summed E-state index contributed by atoms with van der Waals surface area (Å²) in [5, 5.41) is 4.58. The molecule has 0 aliphatic heterocycles. The second-order valence-corrected chi connectivity index (χ2v) is 5.28. The summed E-state index contributed by atoms with van der Waals surface area (Å²) in [7, 11) is 1.71. The number of aryl methyl sites for hydroxylation is 1. The molecule has 2 aromatic rings. The maximum Gasteiger partial charge on any atom is 0.124 e. The number of nitrogens with zero attached hydrogens (tertiary/aromatic N) is 1. The fourth-order valence-electron chi connectivity index (χ4n) is 1.98. The van der Waals surface area contributed by atoms with Crippen molar-refractivity contribution in [3.05, 3.63) is 45.9 Å². The van der Waals surface area contributed by atoms with Crippen molar-refractivity contribution in [2.45, 2.75) is 19.9 Å². The first kappa shape index (κ1) is 13.1. The second-order valence-electron chi connectivity index (χ2n) is 4.01. The van der Waals surface area contributed by atoms with Gasteiger partial charge in [-0.3, -0.25) is 0 Å². The van der Waals surface area contributed by atoms with Gasteiger partial charge in [0.05, 0.1) is 18.2 Å². The monoisotopic (exact) mass is 262 g/mol. The summed E-state index contributed by atoms with van der Waals surface area (Å²) in [4.78, 5) is 5.56. The van der Waals surface area contributed by atoms with Crippen molar-refractivity contribution in [1.82, 2.24) is 10.3 Å². The first-order valence-corrected chi connectivity index (χ1v) is 6.86. The van der Waals surface area contributed by atoms with E-state index >= 15 is 0 Å². The summed E-state index contributed by atoms with van der Waals surface area (Å²) in [6.07, 6.45) is 1.94. The molecule has 0 saturated carbocycles. The maximum atomic E-state index is 5.45. The molecule has 1 aromatic carbocycles. The zero-order valence-corrected chi connectivity index (χ0v) is 11.8.